The van der Waals surface area contributed by atoms with Crippen molar-refractivity contribution >= 4 is 28.6 Å². The highest BCUT2D eigenvalue weighted by Crippen LogP contribution is 2.34. The van der Waals surface area contributed by atoms with Gasteiger partial charge in [0.25, 0.3) is 0 Å². The topological polar surface area (TPSA) is 97.0 Å². The van der Waals surface area contributed by atoms with Crippen LogP contribution in [0.4, 0.5) is 30.6 Å². The highest BCUT2D eigenvalue weighted by Gasteiger charge is 2.31. The number of aromatic nitrogens is 3. The number of rotatable bonds is 7. The second kappa shape index (κ2) is 9.18. The maximum Gasteiger partial charge on any atom is 0.439 e. The number of nitrogens with one attached hydrogen (secondary N) is 3. The smallest absolute Gasteiger partial charge is 0.406 e. The van der Waals surface area contributed by atoms with Crippen molar-refractivity contribution in [2.24, 2.45) is 0 Å². The minimum atomic E-state index is -4.51. The van der Waals surface area contributed by atoms with Gasteiger partial charge in [-0.1, -0.05) is 19.1 Å². The minimum Gasteiger partial charge on any atom is -0.406 e. The first-order chi connectivity index (χ1) is 16.2. The summed E-state index contributed by atoms with van der Waals surface area (Å²) in [4.78, 5) is 20.8. The number of hydrogen-bond acceptors (Lipinski definition) is 7. The Bertz CT molecular complexity index is 1380. The number of alkyl halides is 3. The molecule has 1 unspecified atom stereocenters. The summed E-state index contributed by atoms with van der Waals surface area (Å²) in [6.07, 6.45) is -3.01. The van der Waals surface area contributed by atoms with Crippen LogP contribution >= 0.6 is 0 Å². The van der Waals surface area contributed by atoms with Gasteiger partial charge in [-0.15, -0.1) is 0 Å². The first-order valence-electron chi connectivity index (χ1n) is 10.6. The lowest BCUT2D eigenvalue weighted by Crippen LogP contribution is -2.23. The zero-order valence-corrected chi connectivity index (χ0v) is 18.7. The molecule has 0 saturated heterocycles. The minimum absolute atomic E-state index is 0.0651. The molecule has 1 atom stereocenters. The Hall–Kier alpha value is -3.86. The van der Waals surface area contributed by atoms with E-state index in [-0.39, 0.29) is 17.7 Å². The Labute approximate surface area is 192 Å². The summed E-state index contributed by atoms with van der Waals surface area (Å²) in [6.45, 7) is 6.02. The van der Waals surface area contributed by atoms with Crippen molar-refractivity contribution in [3.8, 4) is 0 Å². The number of aryl methyl sites for hydroxylation is 1. The molecule has 4 rings (SSSR count). The lowest BCUT2D eigenvalue weighted by Gasteiger charge is -2.18. The van der Waals surface area contributed by atoms with Gasteiger partial charge in [0.15, 0.2) is 11.4 Å². The summed E-state index contributed by atoms with van der Waals surface area (Å²) < 4.78 is 46.9. The number of oxazole rings is 1. The summed E-state index contributed by atoms with van der Waals surface area (Å²) >= 11 is 0. The molecule has 0 radical (unpaired) electrons. The van der Waals surface area contributed by atoms with Crippen LogP contribution in [-0.4, -0.2) is 21.2 Å². The molecular formula is C23H23F3N6O2. The third kappa shape index (κ3) is 4.88. The molecule has 11 heteroatoms. The zero-order valence-electron chi connectivity index (χ0n) is 18.7. The van der Waals surface area contributed by atoms with Gasteiger partial charge in [-0.25, -0.2) is 9.78 Å². The molecular weight excluding hydrogens is 449 g/mol. The Kier molecular flexibility index (Phi) is 6.29. The maximum absolute atomic E-state index is 13.5. The third-order valence-electron chi connectivity index (χ3n) is 5.22. The fourth-order valence-corrected chi connectivity index (χ4v) is 3.48. The van der Waals surface area contributed by atoms with E-state index in [1.807, 2.05) is 6.92 Å². The number of para-hydroxylation sites is 2. The number of fused-ring (bicyclic) bond motifs is 1. The molecule has 0 saturated carbocycles. The number of halogens is 3. The molecule has 0 aliphatic rings. The molecule has 2 aromatic heterocycles. The van der Waals surface area contributed by atoms with E-state index in [1.165, 1.54) is 10.9 Å². The van der Waals surface area contributed by atoms with Gasteiger partial charge >= 0.3 is 11.9 Å². The largest absolute Gasteiger partial charge is 0.439 e. The average molecular weight is 472 g/mol. The van der Waals surface area contributed by atoms with Gasteiger partial charge in [-0.3, -0.25) is 5.43 Å². The van der Waals surface area contributed by atoms with Crippen molar-refractivity contribution in [1.29, 1.82) is 0 Å². The second-order valence-corrected chi connectivity index (χ2v) is 7.75. The molecule has 178 valence electrons. The van der Waals surface area contributed by atoms with Gasteiger partial charge in [-0.05, 0) is 56.3 Å². The molecule has 8 nitrogen and oxygen atoms in total. The van der Waals surface area contributed by atoms with Crippen molar-refractivity contribution < 1.29 is 17.6 Å². The molecule has 4 aromatic rings. The first kappa shape index (κ1) is 23.3. The Morgan fingerprint density at radius 1 is 1.18 bits per heavy atom. The van der Waals surface area contributed by atoms with Crippen LogP contribution in [0.25, 0.3) is 11.1 Å². The number of anilines is 3. The predicted molar refractivity (Wildman–Crippen MR) is 123 cm³/mol. The highest BCUT2D eigenvalue weighted by atomic mass is 19.4. The summed E-state index contributed by atoms with van der Waals surface area (Å²) in [7, 11) is 0. The zero-order chi connectivity index (χ0) is 24.5. The lowest BCUT2D eigenvalue weighted by molar-refractivity contribution is -0.137. The van der Waals surface area contributed by atoms with Crippen LogP contribution < -0.4 is 21.8 Å². The standard InChI is InChI=1S/C23H23F3N6O2/c1-4-27-14(3)15-9-16(23(24,25)26)11-17(10-15)29-21-28-12-13(2)20(30-21)31-32-18-7-5-6-8-19(18)34-22(32)33/h5-12,14,27H,4H2,1-3H3,(H2,28,29,30,31). The number of hydrogen-bond donors (Lipinski definition) is 3. The number of nitrogens with zero attached hydrogens (tertiary/aromatic N) is 3. The van der Waals surface area contributed by atoms with E-state index < -0.39 is 17.5 Å². The molecule has 2 aromatic carbocycles. The molecule has 0 fully saturated rings. The van der Waals surface area contributed by atoms with Crippen LogP contribution in [0.3, 0.4) is 0 Å². The van der Waals surface area contributed by atoms with Gasteiger partial charge in [-0.2, -0.15) is 22.8 Å². The van der Waals surface area contributed by atoms with E-state index in [4.69, 9.17) is 4.42 Å². The highest BCUT2D eigenvalue weighted by molar-refractivity contribution is 5.73. The van der Waals surface area contributed by atoms with Crippen LogP contribution in [0.2, 0.25) is 0 Å². The van der Waals surface area contributed by atoms with E-state index >= 15 is 0 Å². The normalized spacial score (nSPS) is 12.6. The molecule has 0 aliphatic carbocycles. The van der Waals surface area contributed by atoms with Crippen LogP contribution in [0.5, 0.6) is 0 Å². The maximum atomic E-state index is 13.5. The SMILES string of the molecule is CCNC(C)c1cc(Nc2ncc(C)c(Nn3c(=O)oc4ccccc43)n2)cc(C(F)(F)F)c1. The fourth-order valence-electron chi connectivity index (χ4n) is 3.48. The second-order valence-electron chi connectivity index (χ2n) is 7.75. The predicted octanol–water partition coefficient (Wildman–Crippen LogP) is 5.00. The van der Waals surface area contributed by atoms with Gasteiger partial charge < -0.3 is 15.1 Å². The lowest BCUT2D eigenvalue weighted by atomic mass is 10.0. The Morgan fingerprint density at radius 2 is 1.94 bits per heavy atom. The molecule has 34 heavy (non-hydrogen) atoms. The molecule has 0 bridgehead atoms. The molecule has 0 amide bonds. The van der Waals surface area contributed by atoms with Gasteiger partial charge in [0.2, 0.25) is 5.95 Å². The number of benzene rings is 2. The Balaban J connectivity index is 1.67. The van der Waals surface area contributed by atoms with E-state index in [9.17, 15) is 18.0 Å². The molecule has 2 heterocycles. The molecule has 0 aliphatic heterocycles. The van der Waals surface area contributed by atoms with Gasteiger partial charge in [0.05, 0.1) is 5.56 Å². The van der Waals surface area contributed by atoms with Crippen molar-refractivity contribution in [3.63, 3.8) is 0 Å². The van der Waals surface area contributed by atoms with Crippen LogP contribution in [0.1, 0.15) is 36.6 Å². The Morgan fingerprint density at radius 3 is 2.68 bits per heavy atom. The van der Waals surface area contributed by atoms with E-state index in [1.54, 1.807) is 44.2 Å². The monoisotopic (exact) mass is 472 g/mol. The van der Waals surface area contributed by atoms with E-state index in [0.717, 1.165) is 12.1 Å². The van der Waals surface area contributed by atoms with Gasteiger partial charge in [0, 0.05) is 23.5 Å². The summed E-state index contributed by atoms with van der Waals surface area (Å²) in [5, 5.41) is 5.97. The van der Waals surface area contributed by atoms with Crippen molar-refractivity contribution in [3.05, 3.63) is 75.9 Å². The summed E-state index contributed by atoms with van der Waals surface area (Å²) in [5.41, 5.74) is 4.32. The van der Waals surface area contributed by atoms with Crippen LogP contribution in [0.15, 0.2) is 57.9 Å². The average Bonchev–Trinajstić information content (AvgIpc) is 3.10. The van der Waals surface area contributed by atoms with Crippen LogP contribution in [-0.2, 0) is 6.18 Å². The van der Waals surface area contributed by atoms with Crippen molar-refractivity contribution in [1.82, 2.24) is 20.0 Å². The third-order valence-corrected chi connectivity index (χ3v) is 5.22. The van der Waals surface area contributed by atoms with Gasteiger partial charge in [0.1, 0.15) is 5.52 Å². The molecule has 3 N–H and O–H groups in total. The van der Waals surface area contributed by atoms with Crippen molar-refractivity contribution in [2.75, 3.05) is 17.3 Å². The van der Waals surface area contributed by atoms with E-state index in [0.29, 0.717) is 34.6 Å². The van der Waals surface area contributed by atoms with Crippen LogP contribution in [0, 0.1) is 6.92 Å². The first-order valence-corrected chi connectivity index (χ1v) is 10.6. The van der Waals surface area contributed by atoms with E-state index in [2.05, 4.69) is 26.0 Å². The summed E-state index contributed by atoms with van der Waals surface area (Å²) in [6, 6.07) is 10.3. The fraction of sp³-hybridized carbons (Fsp3) is 0.261. The summed E-state index contributed by atoms with van der Waals surface area (Å²) in [5.74, 6) is -0.275. The molecule has 0 spiro atoms. The van der Waals surface area contributed by atoms with Crippen molar-refractivity contribution in [2.45, 2.75) is 33.0 Å². The quantitative estimate of drug-likeness (QED) is 0.348.